The molecule has 0 spiro atoms. The van der Waals surface area contributed by atoms with E-state index in [-0.39, 0.29) is 6.10 Å². The summed E-state index contributed by atoms with van der Waals surface area (Å²) in [6, 6.07) is 5.55. The topological polar surface area (TPSA) is 77.4 Å². The molecule has 0 amide bonds. The lowest BCUT2D eigenvalue weighted by atomic mass is 10.3. The molecule has 1 atom stereocenters. The van der Waals surface area contributed by atoms with Crippen LogP contribution in [0.5, 0.6) is 5.75 Å². The summed E-state index contributed by atoms with van der Waals surface area (Å²) in [5.74, 6) is 2.01. The molecule has 7 nitrogen and oxygen atoms in total. The molecule has 4 heterocycles. The number of hydrogen-bond donors (Lipinski definition) is 0. The third-order valence-electron chi connectivity index (χ3n) is 3.79. The highest BCUT2D eigenvalue weighted by atomic mass is 16.5. The molecule has 7 heteroatoms. The van der Waals surface area contributed by atoms with Crippen LogP contribution < -0.4 is 4.74 Å². The van der Waals surface area contributed by atoms with Gasteiger partial charge in [-0.1, -0.05) is 5.16 Å². The van der Waals surface area contributed by atoms with Gasteiger partial charge >= 0.3 is 0 Å². The molecule has 0 bridgehead atoms. The van der Waals surface area contributed by atoms with Crippen LogP contribution in [0.15, 0.2) is 52.1 Å². The minimum absolute atomic E-state index is 0.175. The summed E-state index contributed by atoms with van der Waals surface area (Å²) in [7, 11) is 0. The van der Waals surface area contributed by atoms with Crippen LogP contribution in [0.4, 0.5) is 0 Å². The number of rotatable bonds is 5. The Bertz CT molecular complexity index is 742. The number of hydrogen-bond acceptors (Lipinski definition) is 7. The third kappa shape index (κ3) is 3.24. The molecule has 3 aromatic rings. The van der Waals surface area contributed by atoms with Crippen LogP contribution in [0.1, 0.15) is 12.3 Å². The summed E-state index contributed by atoms with van der Waals surface area (Å²) in [6.45, 7) is 2.41. The normalized spacial score (nSPS) is 18.3. The SMILES string of the molecule is c1cc(O[C@@H]2CCN(Cc3nc(-c4ccoc4)no3)C2)ccn1. The minimum atomic E-state index is 0.175. The van der Waals surface area contributed by atoms with Crippen molar-refractivity contribution in [2.75, 3.05) is 13.1 Å². The van der Waals surface area contributed by atoms with E-state index in [2.05, 4.69) is 20.0 Å². The molecule has 1 aliphatic heterocycles. The van der Waals surface area contributed by atoms with E-state index in [4.69, 9.17) is 13.7 Å². The first-order valence-corrected chi connectivity index (χ1v) is 7.51. The Hall–Kier alpha value is -2.67. The van der Waals surface area contributed by atoms with Gasteiger partial charge in [-0.15, -0.1) is 0 Å². The first-order valence-electron chi connectivity index (χ1n) is 7.51. The van der Waals surface area contributed by atoms with Crippen molar-refractivity contribution in [2.45, 2.75) is 19.1 Å². The van der Waals surface area contributed by atoms with Crippen LogP contribution in [0.25, 0.3) is 11.4 Å². The molecule has 3 aromatic heterocycles. The van der Waals surface area contributed by atoms with Gasteiger partial charge in [0.2, 0.25) is 11.7 Å². The Kier molecular flexibility index (Phi) is 3.77. The second-order valence-corrected chi connectivity index (χ2v) is 5.47. The van der Waals surface area contributed by atoms with Crippen molar-refractivity contribution in [2.24, 2.45) is 0 Å². The van der Waals surface area contributed by atoms with Crippen molar-refractivity contribution >= 4 is 0 Å². The predicted octanol–water partition coefficient (Wildman–Crippen LogP) is 2.38. The summed E-state index contributed by atoms with van der Waals surface area (Å²) < 4.78 is 16.3. The van der Waals surface area contributed by atoms with Crippen LogP contribution in [0.3, 0.4) is 0 Å². The molecule has 1 aliphatic rings. The molecule has 1 saturated heterocycles. The van der Waals surface area contributed by atoms with E-state index in [1.807, 2.05) is 18.2 Å². The van der Waals surface area contributed by atoms with E-state index < -0.39 is 0 Å². The second-order valence-electron chi connectivity index (χ2n) is 5.47. The minimum Gasteiger partial charge on any atom is -0.489 e. The Morgan fingerprint density at radius 3 is 3.00 bits per heavy atom. The highest BCUT2D eigenvalue weighted by molar-refractivity contribution is 5.51. The highest BCUT2D eigenvalue weighted by Gasteiger charge is 2.25. The Morgan fingerprint density at radius 1 is 1.26 bits per heavy atom. The van der Waals surface area contributed by atoms with Gasteiger partial charge in [-0.2, -0.15) is 4.98 Å². The van der Waals surface area contributed by atoms with E-state index in [1.165, 1.54) is 0 Å². The molecule has 0 N–H and O–H groups in total. The van der Waals surface area contributed by atoms with Crippen LogP contribution in [0.2, 0.25) is 0 Å². The molecule has 118 valence electrons. The smallest absolute Gasteiger partial charge is 0.241 e. The van der Waals surface area contributed by atoms with Crippen molar-refractivity contribution < 1.29 is 13.7 Å². The van der Waals surface area contributed by atoms with Crippen molar-refractivity contribution in [1.82, 2.24) is 20.0 Å². The Morgan fingerprint density at radius 2 is 2.17 bits per heavy atom. The highest BCUT2D eigenvalue weighted by Crippen LogP contribution is 2.20. The molecule has 4 rings (SSSR count). The van der Waals surface area contributed by atoms with E-state index >= 15 is 0 Å². The van der Waals surface area contributed by atoms with Gasteiger partial charge < -0.3 is 13.7 Å². The number of aromatic nitrogens is 3. The first-order chi connectivity index (χ1) is 11.4. The molecule has 0 radical (unpaired) electrons. The van der Waals surface area contributed by atoms with Crippen molar-refractivity contribution in [3.8, 4) is 17.1 Å². The maximum atomic E-state index is 5.95. The van der Waals surface area contributed by atoms with Crippen LogP contribution >= 0.6 is 0 Å². The molecule has 23 heavy (non-hydrogen) atoms. The third-order valence-corrected chi connectivity index (χ3v) is 3.79. The summed E-state index contributed by atoms with van der Waals surface area (Å²) in [6.07, 6.45) is 7.81. The van der Waals surface area contributed by atoms with Gasteiger partial charge in [-0.3, -0.25) is 9.88 Å². The number of likely N-dealkylation sites (tertiary alicyclic amines) is 1. The lowest BCUT2D eigenvalue weighted by Crippen LogP contribution is -2.24. The fourth-order valence-corrected chi connectivity index (χ4v) is 2.67. The molecule has 0 aliphatic carbocycles. The first kappa shape index (κ1) is 14.0. The standard InChI is InChI=1S/C16H16N4O3/c1-5-17-6-2-13(1)22-14-3-7-20(9-14)10-15-18-16(19-23-15)12-4-8-21-11-12/h1-2,4-6,8,11,14H,3,7,9-10H2/t14-/m1/s1. The summed E-state index contributed by atoms with van der Waals surface area (Å²) in [5.41, 5.74) is 0.820. The zero-order valence-electron chi connectivity index (χ0n) is 12.5. The molecular weight excluding hydrogens is 296 g/mol. The van der Waals surface area contributed by atoms with E-state index in [0.29, 0.717) is 18.3 Å². The molecule has 0 aromatic carbocycles. The molecular formula is C16H16N4O3. The van der Waals surface area contributed by atoms with Crippen molar-refractivity contribution in [3.63, 3.8) is 0 Å². The van der Waals surface area contributed by atoms with Crippen LogP contribution in [-0.2, 0) is 6.54 Å². The van der Waals surface area contributed by atoms with Gasteiger partial charge in [-0.25, -0.2) is 0 Å². The predicted molar refractivity (Wildman–Crippen MR) is 80.5 cm³/mol. The maximum Gasteiger partial charge on any atom is 0.241 e. The molecule has 1 fully saturated rings. The zero-order chi connectivity index (χ0) is 15.5. The summed E-state index contributed by atoms with van der Waals surface area (Å²) in [4.78, 5) is 10.6. The lowest BCUT2D eigenvalue weighted by Gasteiger charge is -2.15. The Balaban J connectivity index is 1.34. The quantitative estimate of drug-likeness (QED) is 0.715. The van der Waals surface area contributed by atoms with Gasteiger partial charge in [-0.05, 0) is 24.6 Å². The summed E-state index contributed by atoms with van der Waals surface area (Å²) >= 11 is 0. The number of nitrogens with zero attached hydrogens (tertiary/aromatic N) is 4. The van der Waals surface area contributed by atoms with E-state index in [1.54, 1.807) is 24.9 Å². The van der Waals surface area contributed by atoms with Gasteiger partial charge in [0.1, 0.15) is 18.1 Å². The second kappa shape index (κ2) is 6.21. The summed E-state index contributed by atoms with van der Waals surface area (Å²) in [5, 5.41) is 3.98. The van der Waals surface area contributed by atoms with Gasteiger partial charge in [0.05, 0.1) is 18.4 Å². The van der Waals surface area contributed by atoms with Gasteiger partial charge in [0.15, 0.2) is 0 Å². The van der Waals surface area contributed by atoms with Crippen molar-refractivity contribution in [3.05, 3.63) is 49.0 Å². The Labute approximate surface area is 132 Å². The molecule has 0 unspecified atom stereocenters. The van der Waals surface area contributed by atoms with Crippen molar-refractivity contribution in [1.29, 1.82) is 0 Å². The number of ether oxygens (including phenoxy) is 1. The van der Waals surface area contributed by atoms with E-state index in [9.17, 15) is 0 Å². The average molecular weight is 312 g/mol. The number of furan rings is 1. The molecule has 0 saturated carbocycles. The maximum absolute atomic E-state index is 5.95. The van der Waals surface area contributed by atoms with E-state index in [0.717, 1.165) is 30.8 Å². The lowest BCUT2D eigenvalue weighted by molar-refractivity contribution is 0.190. The fraction of sp³-hybridized carbons (Fsp3) is 0.312. The van der Waals surface area contributed by atoms with Crippen LogP contribution in [-0.4, -0.2) is 39.2 Å². The monoisotopic (exact) mass is 312 g/mol. The average Bonchev–Trinajstić information content (AvgIpc) is 3.30. The largest absolute Gasteiger partial charge is 0.489 e. The zero-order valence-corrected chi connectivity index (χ0v) is 12.5. The number of pyridine rings is 1. The van der Waals surface area contributed by atoms with Gasteiger partial charge in [0.25, 0.3) is 0 Å². The fourth-order valence-electron chi connectivity index (χ4n) is 2.67. The van der Waals surface area contributed by atoms with Gasteiger partial charge in [0, 0.05) is 25.5 Å². The van der Waals surface area contributed by atoms with Crippen LogP contribution in [0, 0.1) is 0 Å².